The Labute approximate surface area is 297 Å². The van der Waals surface area contributed by atoms with E-state index in [0.29, 0.717) is 43.2 Å². The van der Waals surface area contributed by atoms with Crippen LogP contribution in [0.1, 0.15) is 96.1 Å². The number of carbonyl (C=O) groups excluding carboxylic acids is 5. The summed E-state index contributed by atoms with van der Waals surface area (Å²) in [7, 11) is -3.86. The van der Waals surface area contributed by atoms with E-state index in [1.165, 1.54) is 11.0 Å². The van der Waals surface area contributed by atoms with E-state index in [4.69, 9.17) is 9.47 Å². The van der Waals surface area contributed by atoms with Crippen molar-refractivity contribution in [1.82, 2.24) is 25.6 Å². The van der Waals surface area contributed by atoms with Gasteiger partial charge < -0.3 is 25.4 Å². The molecule has 5 rings (SSSR count). The lowest BCUT2D eigenvalue weighted by Gasteiger charge is -2.25. The van der Waals surface area contributed by atoms with Gasteiger partial charge in [-0.25, -0.2) is 22.4 Å². The average Bonchev–Trinajstić information content (AvgIpc) is 3.96. The number of benzene rings is 1. The average molecular weight is 734 g/mol. The van der Waals surface area contributed by atoms with Gasteiger partial charge in [0.1, 0.15) is 29.1 Å². The monoisotopic (exact) mass is 733 g/mol. The number of rotatable bonds is 5. The molecule has 0 unspecified atom stereocenters. The highest BCUT2D eigenvalue weighted by Gasteiger charge is 2.61. The lowest BCUT2D eigenvalue weighted by molar-refractivity contribution is -0.129. The van der Waals surface area contributed by atoms with Gasteiger partial charge in [0.25, 0.3) is 5.91 Å². The smallest absolute Gasteiger partial charge is 0.410 e. The fourth-order valence-electron chi connectivity index (χ4n) is 6.30. The van der Waals surface area contributed by atoms with Gasteiger partial charge in [-0.2, -0.15) is 0 Å². The molecule has 51 heavy (non-hydrogen) atoms. The Morgan fingerprint density at radius 3 is 2.51 bits per heavy atom. The summed E-state index contributed by atoms with van der Waals surface area (Å²) in [6.45, 7) is 5.01. The quantitative estimate of drug-likeness (QED) is 0.329. The summed E-state index contributed by atoms with van der Waals surface area (Å²) >= 11 is 0. The second-order valence-corrected chi connectivity index (χ2v) is 16.8. The number of alkyl carbamates (subject to hydrolysis) is 1. The van der Waals surface area contributed by atoms with E-state index < -0.39 is 80.2 Å². The van der Waals surface area contributed by atoms with E-state index in [1.54, 1.807) is 32.9 Å². The summed E-state index contributed by atoms with van der Waals surface area (Å²) in [4.78, 5) is 67.3. The Bertz CT molecular complexity index is 1660. The van der Waals surface area contributed by atoms with Crippen LogP contribution >= 0.6 is 0 Å². The number of ether oxygens (including phenoxy) is 2. The van der Waals surface area contributed by atoms with Crippen LogP contribution in [-0.2, 0) is 47.0 Å². The largest absolute Gasteiger partial charge is 0.444 e. The number of hydrogen-bond acceptors (Lipinski definition) is 9. The van der Waals surface area contributed by atoms with Crippen molar-refractivity contribution >= 4 is 39.9 Å². The fourth-order valence-corrected chi connectivity index (χ4v) is 7.66. The molecule has 2 fully saturated rings. The molecular weight excluding hydrogens is 685 g/mol. The van der Waals surface area contributed by atoms with Crippen LogP contribution in [0.5, 0.6) is 0 Å². The zero-order valence-electron chi connectivity index (χ0n) is 29.3. The zero-order valence-corrected chi connectivity index (χ0v) is 30.1. The van der Waals surface area contributed by atoms with Crippen molar-refractivity contribution in [3.63, 3.8) is 0 Å². The summed E-state index contributed by atoms with van der Waals surface area (Å²) in [5.74, 6) is -2.74. The van der Waals surface area contributed by atoms with Crippen LogP contribution in [-0.4, -0.2) is 78.3 Å². The van der Waals surface area contributed by atoms with Crippen molar-refractivity contribution in [2.24, 2.45) is 5.92 Å². The summed E-state index contributed by atoms with van der Waals surface area (Å²) in [5, 5.41) is 7.50. The van der Waals surface area contributed by atoms with Crippen molar-refractivity contribution in [3.8, 4) is 0 Å². The maximum atomic E-state index is 14.4. The first-order valence-corrected chi connectivity index (χ1v) is 19.1. The summed E-state index contributed by atoms with van der Waals surface area (Å²) in [6.07, 6.45) is 5.02. The number of nitrogens with one attached hydrogen (secondary N) is 4. The predicted molar refractivity (Wildman–Crippen MR) is 183 cm³/mol. The van der Waals surface area contributed by atoms with Crippen LogP contribution in [0.15, 0.2) is 30.4 Å². The highest BCUT2D eigenvalue weighted by molar-refractivity contribution is 7.91. The first-order valence-electron chi connectivity index (χ1n) is 17.6. The molecule has 2 saturated carbocycles. The number of fused-ring (bicyclic) bond motifs is 2. The van der Waals surface area contributed by atoms with Gasteiger partial charge in [-0.15, -0.1) is 0 Å². The van der Waals surface area contributed by atoms with Gasteiger partial charge in [0.2, 0.25) is 21.8 Å². The first-order chi connectivity index (χ1) is 24.1. The number of amides is 5. The molecule has 16 heteroatoms. The minimum atomic E-state index is -3.86. The third-order valence-corrected chi connectivity index (χ3v) is 11.2. The summed E-state index contributed by atoms with van der Waals surface area (Å²) in [5.41, 5.74) is -1.21. The molecule has 4 aliphatic rings. The maximum absolute atomic E-state index is 14.4. The second kappa shape index (κ2) is 15.6. The van der Waals surface area contributed by atoms with Crippen LogP contribution < -0.4 is 20.7 Å². The molecule has 0 spiro atoms. The highest BCUT2D eigenvalue weighted by Crippen LogP contribution is 2.45. The number of nitrogens with zero attached hydrogens (tertiary/aromatic N) is 1. The molecule has 5 amide bonds. The van der Waals surface area contributed by atoms with Gasteiger partial charge in [0.15, 0.2) is 0 Å². The summed E-state index contributed by atoms with van der Waals surface area (Å²) in [6, 6.07) is 3.64. The van der Waals surface area contributed by atoms with Crippen molar-refractivity contribution in [3.05, 3.63) is 47.3 Å². The Morgan fingerprint density at radius 1 is 1.04 bits per heavy atom. The van der Waals surface area contributed by atoms with Crippen LogP contribution in [0.2, 0.25) is 0 Å². The first kappa shape index (κ1) is 38.0. The predicted octanol–water partition coefficient (Wildman–Crippen LogP) is 3.44. The molecule has 4 N–H and O–H groups in total. The van der Waals surface area contributed by atoms with E-state index in [-0.39, 0.29) is 38.9 Å². The van der Waals surface area contributed by atoms with Gasteiger partial charge in [0, 0.05) is 24.4 Å². The number of carbonyl (C=O) groups is 5. The van der Waals surface area contributed by atoms with Gasteiger partial charge >= 0.3 is 12.2 Å². The van der Waals surface area contributed by atoms with Crippen molar-refractivity contribution in [1.29, 1.82) is 0 Å². The Kier molecular flexibility index (Phi) is 11.6. The molecule has 280 valence electrons. The minimum Gasteiger partial charge on any atom is -0.444 e. The molecule has 1 aromatic rings. The van der Waals surface area contributed by atoms with E-state index in [0.717, 1.165) is 12.8 Å². The number of allylic oxidation sites excluding steroid dienone is 1. The van der Waals surface area contributed by atoms with E-state index in [1.807, 2.05) is 12.2 Å². The van der Waals surface area contributed by atoms with Crippen LogP contribution in [0.3, 0.4) is 0 Å². The van der Waals surface area contributed by atoms with Gasteiger partial charge in [-0.05, 0) is 77.3 Å². The van der Waals surface area contributed by atoms with Crippen LogP contribution in [0.25, 0.3) is 0 Å². The molecule has 2 aliphatic heterocycles. The van der Waals surface area contributed by atoms with Crippen LogP contribution in [0, 0.1) is 11.7 Å². The van der Waals surface area contributed by atoms with Crippen molar-refractivity contribution in [2.75, 3.05) is 6.54 Å². The van der Waals surface area contributed by atoms with Crippen LogP contribution in [0.4, 0.5) is 14.0 Å². The Morgan fingerprint density at radius 2 is 1.80 bits per heavy atom. The Balaban J connectivity index is 1.31. The maximum Gasteiger partial charge on any atom is 0.410 e. The van der Waals surface area contributed by atoms with Gasteiger partial charge in [-0.1, -0.05) is 37.1 Å². The molecule has 0 saturated heterocycles. The molecule has 4 atom stereocenters. The lowest BCUT2D eigenvalue weighted by atomic mass is 10.1. The Hall–Kier alpha value is -4.21. The number of halogens is 1. The molecule has 2 heterocycles. The highest BCUT2D eigenvalue weighted by atomic mass is 32.2. The topological polar surface area (TPSA) is 189 Å². The number of sulfonamides is 1. The second-order valence-electron chi connectivity index (χ2n) is 14.8. The zero-order chi connectivity index (χ0) is 37.0. The third kappa shape index (κ3) is 10.2. The third-order valence-electron chi connectivity index (χ3n) is 9.37. The lowest BCUT2D eigenvalue weighted by Crippen LogP contribution is -2.52. The van der Waals surface area contributed by atoms with Crippen molar-refractivity contribution in [2.45, 2.75) is 127 Å². The summed E-state index contributed by atoms with van der Waals surface area (Å²) < 4.78 is 52.9. The normalized spacial score (nSPS) is 26.9. The fraction of sp³-hybridized carbons (Fsp3) is 0.629. The van der Waals surface area contributed by atoms with Gasteiger partial charge in [0.05, 0.1) is 18.3 Å². The molecule has 0 bridgehead atoms. The molecule has 0 radical (unpaired) electrons. The minimum absolute atomic E-state index is 0.0153. The van der Waals surface area contributed by atoms with Gasteiger partial charge in [-0.3, -0.25) is 24.0 Å². The molecule has 2 aliphatic carbocycles. The molecular formula is C35H48FN5O9S. The van der Waals surface area contributed by atoms with E-state index >= 15 is 0 Å². The van der Waals surface area contributed by atoms with E-state index in [9.17, 15) is 36.8 Å². The standard InChI is InChI=1S/C35H48FN5O9S/c1-34(2,3)50-32(45)38-28-13-8-6-4-5-7-11-23-18-35(23,31(44)40-51(47,48)25-15-16-25)39-29(42)17-14-24(19-37-30(28)43)49-33(46)41-20-22-10-9-12-27(36)26(22)21-41/h7,9-12,23-25,28H,4-6,8,13-21H2,1-3H3,(H,37,43)(H,38,45)(H,39,42)(H,40,44)/b11-7-/t23-,24-,28+,35-/m1/s1. The SMILES string of the molecule is CC(C)(C)OC(=O)N[C@H]1CCCCC/C=C\[C@@H]2C[C@@]2(C(=O)NS(=O)(=O)C2CC2)NC(=O)CC[C@@H](OC(=O)N2Cc3cccc(F)c3C2)CNC1=O. The molecule has 0 aromatic heterocycles. The number of hydrogen-bond donors (Lipinski definition) is 4. The molecule has 1 aromatic carbocycles. The molecule has 14 nitrogen and oxygen atoms in total. The van der Waals surface area contributed by atoms with Crippen molar-refractivity contribution < 1.29 is 46.3 Å². The van der Waals surface area contributed by atoms with E-state index in [2.05, 4.69) is 20.7 Å².